The maximum Gasteiger partial charge on any atom is 0.224 e. The highest BCUT2D eigenvalue weighted by Gasteiger charge is 2.30. The molecular formula is C21H22ClN5OS. The number of hydrogen-bond donors (Lipinski definition) is 1. The molecule has 1 aromatic heterocycles. The molecule has 1 aliphatic rings. The molecule has 0 amide bonds. The van der Waals surface area contributed by atoms with Crippen molar-refractivity contribution in [1.82, 2.24) is 15.5 Å². The third-order valence-corrected chi connectivity index (χ3v) is 5.66. The van der Waals surface area contributed by atoms with Crippen molar-refractivity contribution in [1.29, 1.82) is 0 Å². The number of benzene rings is 2. The van der Waals surface area contributed by atoms with E-state index in [4.69, 9.17) is 16.3 Å². The summed E-state index contributed by atoms with van der Waals surface area (Å²) in [5.41, 5.74) is 6.48. The molecule has 0 atom stereocenters. The van der Waals surface area contributed by atoms with Crippen molar-refractivity contribution in [2.45, 2.75) is 30.5 Å². The Labute approximate surface area is 179 Å². The Morgan fingerprint density at radius 2 is 1.86 bits per heavy atom. The van der Waals surface area contributed by atoms with Crippen LogP contribution in [0.4, 0.5) is 17.2 Å². The lowest BCUT2D eigenvalue weighted by Gasteiger charge is -2.24. The molecule has 0 aliphatic carbocycles. The number of fused-ring (bicyclic) bond motifs is 1. The molecule has 3 aromatic rings. The maximum absolute atomic E-state index is 6.11. The number of rotatable bonds is 6. The van der Waals surface area contributed by atoms with Crippen molar-refractivity contribution in [3.63, 3.8) is 0 Å². The minimum absolute atomic E-state index is 0.219. The average molecular weight is 428 g/mol. The van der Waals surface area contributed by atoms with E-state index in [1.165, 1.54) is 4.90 Å². The third kappa shape index (κ3) is 4.27. The summed E-state index contributed by atoms with van der Waals surface area (Å²) >= 11 is 7.93. The quantitative estimate of drug-likeness (QED) is 0.427. The van der Waals surface area contributed by atoms with Gasteiger partial charge in [0.05, 0.1) is 25.5 Å². The topological polar surface area (TPSA) is 53.5 Å². The monoisotopic (exact) mass is 427 g/mol. The summed E-state index contributed by atoms with van der Waals surface area (Å²) in [7, 11) is 1.66. The van der Waals surface area contributed by atoms with Gasteiger partial charge >= 0.3 is 0 Å². The van der Waals surface area contributed by atoms with Crippen molar-refractivity contribution < 1.29 is 4.74 Å². The van der Waals surface area contributed by atoms with E-state index in [0.717, 1.165) is 28.5 Å². The van der Waals surface area contributed by atoms with Gasteiger partial charge in [0, 0.05) is 10.1 Å². The van der Waals surface area contributed by atoms with Crippen LogP contribution in [0.25, 0.3) is 0 Å². The summed E-state index contributed by atoms with van der Waals surface area (Å²) in [5, 5.41) is 4.67. The molecule has 29 heavy (non-hydrogen) atoms. The van der Waals surface area contributed by atoms with E-state index in [0.29, 0.717) is 11.8 Å². The molecule has 0 unspecified atom stereocenters. The Bertz CT molecular complexity index is 999. The van der Waals surface area contributed by atoms with Crippen LogP contribution in [0.15, 0.2) is 59.6 Å². The van der Waals surface area contributed by atoms with Gasteiger partial charge in [-0.05, 0) is 41.4 Å². The van der Waals surface area contributed by atoms with Crippen LogP contribution in [0.1, 0.15) is 19.4 Å². The summed E-state index contributed by atoms with van der Waals surface area (Å²) in [6.07, 6.45) is 1.75. The van der Waals surface area contributed by atoms with Gasteiger partial charge in [-0.25, -0.2) is 4.98 Å². The van der Waals surface area contributed by atoms with Crippen LogP contribution >= 0.6 is 23.4 Å². The lowest BCUT2D eigenvalue weighted by Crippen LogP contribution is -2.41. The van der Waals surface area contributed by atoms with Crippen molar-refractivity contribution in [3.8, 4) is 5.75 Å². The summed E-state index contributed by atoms with van der Waals surface area (Å²) < 4.78 is 5.25. The second-order valence-electron chi connectivity index (χ2n) is 6.85. The summed E-state index contributed by atoms with van der Waals surface area (Å²) in [6, 6.07) is 16.3. The molecule has 8 heteroatoms. The molecule has 2 aromatic carbocycles. The zero-order valence-electron chi connectivity index (χ0n) is 16.5. The predicted octanol–water partition coefficient (Wildman–Crippen LogP) is 5.22. The molecule has 6 nitrogen and oxygen atoms in total. The zero-order chi connectivity index (χ0) is 20.4. The summed E-state index contributed by atoms with van der Waals surface area (Å²) in [4.78, 5) is 9.86. The number of hydrogen-bond acceptors (Lipinski definition) is 7. The first kappa shape index (κ1) is 19.8. The molecule has 4 rings (SSSR count). The normalized spacial score (nSPS) is 13.1. The summed E-state index contributed by atoms with van der Waals surface area (Å²) in [6.45, 7) is 4.98. The highest BCUT2D eigenvalue weighted by Crippen LogP contribution is 2.41. The van der Waals surface area contributed by atoms with Crippen LogP contribution in [-0.4, -0.2) is 22.3 Å². The van der Waals surface area contributed by atoms with Gasteiger partial charge in [-0.3, -0.25) is 10.0 Å². The highest BCUT2D eigenvalue weighted by atomic mass is 35.5. The van der Waals surface area contributed by atoms with Crippen molar-refractivity contribution in [3.05, 3.63) is 65.6 Å². The zero-order valence-corrected chi connectivity index (χ0v) is 18.0. The van der Waals surface area contributed by atoms with Crippen LogP contribution in [0, 0.1) is 0 Å². The number of ether oxygens (including phenoxy) is 1. The number of methoxy groups -OCH3 is 1. The number of nitrogens with zero attached hydrogens (tertiary/aromatic N) is 4. The predicted molar refractivity (Wildman–Crippen MR) is 119 cm³/mol. The van der Waals surface area contributed by atoms with Gasteiger partial charge < -0.3 is 4.74 Å². The van der Waals surface area contributed by atoms with E-state index < -0.39 is 0 Å². The standard InChI is InChI=1S/C21H22ClN5OS/c1-14(2)29-19-7-5-4-6-17(19)27-18-12-23-21(22)24-20(18)26(25-27)13-15-8-10-16(28-3)11-9-15/h4-12,14,25H,13H2,1-3H3. The van der Waals surface area contributed by atoms with Crippen LogP contribution in [-0.2, 0) is 6.54 Å². The second kappa shape index (κ2) is 8.49. The molecule has 0 saturated heterocycles. The van der Waals surface area contributed by atoms with E-state index in [1.807, 2.05) is 52.1 Å². The van der Waals surface area contributed by atoms with E-state index in [9.17, 15) is 0 Å². The van der Waals surface area contributed by atoms with E-state index in [1.54, 1.807) is 13.3 Å². The Kier molecular flexibility index (Phi) is 5.80. The minimum atomic E-state index is 0.219. The molecule has 0 spiro atoms. The van der Waals surface area contributed by atoms with Crippen molar-refractivity contribution in [2.24, 2.45) is 0 Å². The number of hydrazine groups is 2. The van der Waals surface area contributed by atoms with Crippen LogP contribution in [0.5, 0.6) is 5.75 Å². The lowest BCUT2D eigenvalue weighted by atomic mass is 10.2. The molecule has 0 fully saturated rings. The first-order chi connectivity index (χ1) is 14.0. The molecule has 1 N–H and O–H groups in total. The second-order valence-corrected chi connectivity index (χ2v) is 8.81. The van der Waals surface area contributed by atoms with Crippen molar-refractivity contribution in [2.75, 3.05) is 17.1 Å². The van der Waals surface area contributed by atoms with Gasteiger partial charge in [-0.2, -0.15) is 4.98 Å². The molecule has 1 aliphatic heterocycles. The molecule has 0 bridgehead atoms. The fourth-order valence-corrected chi connectivity index (χ4v) is 4.20. The molecule has 2 heterocycles. The SMILES string of the molecule is COc1ccc(CN2NN(c3ccccc3SC(C)C)c3cnc(Cl)nc32)cc1. The van der Waals surface area contributed by atoms with E-state index >= 15 is 0 Å². The van der Waals surface area contributed by atoms with Gasteiger partial charge in [0.15, 0.2) is 5.82 Å². The smallest absolute Gasteiger partial charge is 0.224 e. The van der Waals surface area contributed by atoms with Crippen LogP contribution < -0.4 is 20.3 Å². The minimum Gasteiger partial charge on any atom is -0.497 e. The van der Waals surface area contributed by atoms with Gasteiger partial charge in [0.25, 0.3) is 0 Å². The first-order valence-electron chi connectivity index (χ1n) is 9.30. The van der Waals surface area contributed by atoms with Gasteiger partial charge in [-0.1, -0.05) is 38.1 Å². The third-order valence-electron chi connectivity index (χ3n) is 4.41. The number of anilines is 3. The summed E-state index contributed by atoms with van der Waals surface area (Å²) in [5.74, 6) is 1.57. The fraction of sp³-hybridized carbons (Fsp3) is 0.238. The number of halogens is 1. The van der Waals surface area contributed by atoms with Crippen LogP contribution in [0.2, 0.25) is 5.28 Å². The Balaban J connectivity index is 1.68. The molecule has 150 valence electrons. The molecular weight excluding hydrogens is 406 g/mol. The van der Waals surface area contributed by atoms with Gasteiger partial charge in [0.2, 0.25) is 5.28 Å². The number of thioether (sulfide) groups is 1. The number of aromatic nitrogens is 2. The highest BCUT2D eigenvalue weighted by molar-refractivity contribution is 8.00. The van der Waals surface area contributed by atoms with E-state index in [-0.39, 0.29) is 5.28 Å². The van der Waals surface area contributed by atoms with Gasteiger partial charge in [-0.15, -0.1) is 17.3 Å². The Morgan fingerprint density at radius 3 is 2.59 bits per heavy atom. The van der Waals surface area contributed by atoms with Crippen molar-refractivity contribution >= 4 is 40.6 Å². The Morgan fingerprint density at radius 1 is 1.10 bits per heavy atom. The van der Waals surface area contributed by atoms with E-state index in [2.05, 4.69) is 47.5 Å². The Hall–Kier alpha value is -2.48. The van der Waals surface area contributed by atoms with Crippen LogP contribution in [0.3, 0.4) is 0 Å². The maximum atomic E-state index is 6.11. The fourth-order valence-electron chi connectivity index (χ4n) is 3.13. The average Bonchev–Trinajstić information content (AvgIpc) is 3.06. The number of nitrogens with one attached hydrogen (secondary N) is 1. The molecule has 0 saturated carbocycles. The number of para-hydroxylation sites is 1. The largest absolute Gasteiger partial charge is 0.497 e. The molecule has 0 radical (unpaired) electrons. The first-order valence-corrected chi connectivity index (χ1v) is 10.6. The lowest BCUT2D eigenvalue weighted by molar-refractivity contribution is 0.414. The van der Waals surface area contributed by atoms with Gasteiger partial charge in [0.1, 0.15) is 11.4 Å².